The molecule has 4 saturated heterocycles. The molecule has 3 atom stereocenters. The number of carbonyl (C=O) groups is 3. The number of oxazole rings is 1. The monoisotopic (exact) mass is 622 g/mol. The molecule has 2 bridgehead atoms. The van der Waals surface area contributed by atoms with Gasteiger partial charge in [-0.15, -0.1) is 11.3 Å². The molecule has 6 heterocycles. The zero-order valence-electron chi connectivity index (χ0n) is 25.0. The van der Waals surface area contributed by atoms with Gasteiger partial charge in [0.2, 0.25) is 11.8 Å². The fraction of sp³-hybridized carbons (Fsp3) is 0.581. The predicted molar refractivity (Wildman–Crippen MR) is 162 cm³/mol. The van der Waals surface area contributed by atoms with E-state index in [0.717, 1.165) is 31.2 Å². The van der Waals surface area contributed by atoms with E-state index in [2.05, 4.69) is 20.6 Å². The van der Waals surface area contributed by atoms with E-state index in [4.69, 9.17) is 13.9 Å². The highest BCUT2D eigenvalue weighted by molar-refractivity contribution is 7.11. The Balaban J connectivity index is 1.08. The smallest absolute Gasteiger partial charge is 0.298 e. The number of nitrogens with one attached hydrogen (secondary N) is 2. The number of para-hydroxylation sites is 2. The normalized spacial score (nSPS) is 26.9. The first-order valence-corrected chi connectivity index (χ1v) is 16.2. The number of benzene rings is 1. The van der Waals surface area contributed by atoms with Crippen LogP contribution in [0.25, 0.3) is 11.1 Å². The zero-order valence-corrected chi connectivity index (χ0v) is 25.8. The van der Waals surface area contributed by atoms with Crippen LogP contribution in [0.2, 0.25) is 0 Å². The number of likely N-dealkylation sites (N-methyl/N-ethyl adjacent to an activating group) is 1. The van der Waals surface area contributed by atoms with E-state index in [0.29, 0.717) is 55.4 Å². The first-order chi connectivity index (χ1) is 21.3. The number of hydrogen-bond donors (Lipinski definition) is 2. The third kappa shape index (κ3) is 5.24. The molecule has 1 saturated carbocycles. The molecule has 2 N–H and O–H groups in total. The molecular weight excluding hydrogens is 584 g/mol. The van der Waals surface area contributed by atoms with Crippen LogP contribution in [0.5, 0.6) is 0 Å². The summed E-state index contributed by atoms with van der Waals surface area (Å²) in [4.78, 5) is 53.5. The van der Waals surface area contributed by atoms with Crippen LogP contribution in [0.15, 0.2) is 40.4 Å². The lowest BCUT2D eigenvalue weighted by molar-refractivity contribution is -0.155. The number of nitrogens with zero attached hydrogens (tertiary/aromatic N) is 4. The second-order valence-electron chi connectivity index (χ2n) is 12.9. The molecule has 3 aromatic rings. The molecule has 2 aromatic heterocycles. The predicted octanol–water partition coefficient (Wildman–Crippen LogP) is 2.46. The second-order valence-corrected chi connectivity index (χ2v) is 13.8. The van der Waals surface area contributed by atoms with Gasteiger partial charge >= 0.3 is 0 Å². The van der Waals surface area contributed by atoms with Crippen molar-refractivity contribution in [2.45, 2.75) is 50.9 Å². The minimum Gasteiger partial charge on any atom is -0.423 e. The Hall–Kier alpha value is -3.55. The largest absolute Gasteiger partial charge is 0.423 e. The van der Waals surface area contributed by atoms with Gasteiger partial charge in [0.1, 0.15) is 16.4 Å². The maximum absolute atomic E-state index is 14.1. The summed E-state index contributed by atoms with van der Waals surface area (Å²) in [5, 5.41) is 5.71. The first-order valence-electron chi connectivity index (χ1n) is 15.3. The topological polar surface area (TPSA) is 139 Å². The lowest BCUT2D eigenvalue weighted by Gasteiger charge is -2.49. The summed E-state index contributed by atoms with van der Waals surface area (Å²) in [6, 6.07) is 7.18. The van der Waals surface area contributed by atoms with Crippen molar-refractivity contribution in [1.82, 2.24) is 25.5 Å². The second kappa shape index (κ2) is 11.4. The van der Waals surface area contributed by atoms with Gasteiger partial charge in [0.05, 0.1) is 43.0 Å². The average Bonchev–Trinajstić information content (AvgIpc) is 3.81. The molecule has 5 fully saturated rings. The number of rotatable bonds is 9. The maximum Gasteiger partial charge on any atom is 0.298 e. The molecule has 4 aliphatic heterocycles. The van der Waals surface area contributed by atoms with Crippen molar-refractivity contribution in [2.24, 2.45) is 16.7 Å². The van der Waals surface area contributed by atoms with Crippen molar-refractivity contribution in [3.8, 4) is 0 Å². The molecule has 12 nitrogen and oxygen atoms in total. The van der Waals surface area contributed by atoms with Crippen molar-refractivity contribution in [2.75, 3.05) is 51.3 Å². The summed E-state index contributed by atoms with van der Waals surface area (Å²) in [5.41, 5.74) is 2.52. The molecule has 0 radical (unpaired) electrons. The molecule has 8 rings (SSSR count). The number of hydrogen-bond acceptors (Lipinski definition) is 10. The highest BCUT2D eigenvalue weighted by Gasteiger charge is 2.59. The highest BCUT2D eigenvalue weighted by Crippen LogP contribution is 2.47. The van der Waals surface area contributed by atoms with Gasteiger partial charge in [-0.05, 0) is 44.7 Å². The van der Waals surface area contributed by atoms with Crippen molar-refractivity contribution >= 4 is 46.2 Å². The van der Waals surface area contributed by atoms with Gasteiger partial charge in [-0.1, -0.05) is 12.1 Å². The molecule has 1 aromatic carbocycles. The molecule has 3 amide bonds. The highest BCUT2D eigenvalue weighted by atomic mass is 32.1. The van der Waals surface area contributed by atoms with Crippen LogP contribution < -0.4 is 15.5 Å². The third-order valence-corrected chi connectivity index (χ3v) is 10.8. The third-order valence-electron chi connectivity index (χ3n) is 10.0. The van der Waals surface area contributed by atoms with Crippen LogP contribution in [-0.2, 0) is 19.1 Å². The number of ether oxygens (including phenoxy) is 2. The molecule has 13 heteroatoms. The van der Waals surface area contributed by atoms with Crippen LogP contribution in [0.1, 0.15) is 42.3 Å². The summed E-state index contributed by atoms with van der Waals surface area (Å²) in [5.74, 6) is -1.28. The first kappa shape index (κ1) is 29.2. The SMILES string of the molecule is CNC(=O)C(NC(=O)C1CN(C(=O)c2cncs2)CC12CN(c1nc3ccccc3o1)C2)[C@@H](C)OCC12CCC(CC1)OC2. The molecule has 5 aliphatic rings. The standard InChI is InChI=1S/C31H38N6O6S/c1-19(41-16-30-9-7-20(8-10-30)42-17-30)25(27(39)32-2)35-26(38)21-12-36(28(40)24-11-33-18-44-24)13-31(21)14-37(15-31)29-34-22-5-3-4-6-23(22)43-29/h3-6,11,18-21,25H,7-10,12-17H2,1-2H3,(H,32,39)(H,35,38)/t19-,20?,21?,25?,30?/m1/s1. The molecule has 2 unspecified atom stereocenters. The average molecular weight is 623 g/mol. The van der Waals surface area contributed by atoms with Crippen molar-refractivity contribution < 1.29 is 28.3 Å². The van der Waals surface area contributed by atoms with Crippen LogP contribution in [0.4, 0.5) is 6.01 Å². The van der Waals surface area contributed by atoms with Crippen molar-refractivity contribution in [3.05, 3.63) is 40.8 Å². The van der Waals surface area contributed by atoms with Gasteiger partial charge in [-0.2, -0.15) is 4.98 Å². The summed E-state index contributed by atoms with van der Waals surface area (Å²) in [7, 11) is 1.56. The van der Waals surface area contributed by atoms with Crippen molar-refractivity contribution in [1.29, 1.82) is 0 Å². The van der Waals surface area contributed by atoms with E-state index in [9.17, 15) is 14.4 Å². The Morgan fingerprint density at radius 2 is 1.98 bits per heavy atom. The molecule has 234 valence electrons. The number of amides is 3. The van der Waals surface area contributed by atoms with Gasteiger partial charge in [0, 0.05) is 44.1 Å². The van der Waals surface area contributed by atoms with E-state index >= 15 is 0 Å². The van der Waals surface area contributed by atoms with Crippen LogP contribution in [0, 0.1) is 16.7 Å². The fourth-order valence-electron chi connectivity index (χ4n) is 7.33. The van der Waals surface area contributed by atoms with Gasteiger partial charge in [0.25, 0.3) is 11.9 Å². The molecule has 44 heavy (non-hydrogen) atoms. The van der Waals surface area contributed by atoms with E-state index < -0.39 is 23.5 Å². The lowest BCUT2D eigenvalue weighted by Crippen LogP contribution is -2.64. The number of fused-ring (bicyclic) bond motifs is 4. The van der Waals surface area contributed by atoms with E-state index in [1.165, 1.54) is 11.3 Å². The Bertz CT molecular complexity index is 1480. The summed E-state index contributed by atoms with van der Waals surface area (Å²) < 4.78 is 18.2. The van der Waals surface area contributed by atoms with Crippen LogP contribution >= 0.6 is 11.3 Å². The summed E-state index contributed by atoms with van der Waals surface area (Å²) in [6.45, 7) is 4.60. The Kier molecular flexibility index (Phi) is 7.58. The Morgan fingerprint density at radius 1 is 1.18 bits per heavy atom. The van der Waals surface area contributed by atoms with E-state index in [1.807, 2.05) is 36.1 Å². The minimum absolute atomic E-state index is 0.0344. The molecular formula is C31H38N6O6S. The van der Waals surface area contributed by atoms with Gasteiger partial charge in [-0.3, -0.25) is 19.4 Å². The van der Waals surface area contributed by atoms with Crippen molar-refractivity contribution in [3.63, 3.8) is 0 Å². The van der Waals surface area contributed by atoms with Gasteiger partial charge < -0.3 is 34.3 Å². The van der Waals surface area contributed by atoms with Crippen LogP contribution in [0.3, 0.4) is 0 Å². The fourth-order valence-corrected chi connectivity index (χ4v) is 7.92. The number of likely N-dealkylation sites (tertiary alicyclic amines) is 1. The maximum atomic E-state index is 14.1. The minimum atomic E-state index is -0.888. The Labute approximate surface area is 259 Å². The summed E-state index contributed by atoms with van der Waals surface area (Å²) in [6.07, 6.45) is 5.53. The van der Waals surface area contributed by atoms with Crippen LogP contribution in [-0.4, -0.2) is 97.3 Å². The zero-order chi connectivity index (χ0) is 30.5. The quantitative estimate of drug-likeness (QED) is 0.369. The number of thiazole rings is 1. The lowest BCUT2D eigenvalue weighted by atomic mass is 9.71. The number of carbonyl (C=O) groups excluding carboxylic acids is 3. The number of anilines is 1. The van der Waals surface area contributed by atoms with E-state index in [-0.39, 0.29) is 29.7 Å². The van der Waals surface area contributed by atoms with E-state index in [1.54, 1.807) is 23.7 Å². The molecule has 1 aliphatic carbocycles. The number of aromatic nitrogens is 2. The summed E-state index contributed by atoms with van der Waals surface area (Å²) >= 11 is 1.28. The Morgan fingerprint density at radius 3 is 2.66 bits per heavy atom. The molecule has 1 spiro atoms. The van der Waals surface area contributed by atoms with Gasteiger partial charge in [-0.25, -0.2) is 0 Å². The van der Waals surface area contributed by atoms with Gasteiger partial charge in [0.15, 0.2) is 5.58 Å².